The molecule has 1 amide bonds. The fourth-order valence-electron chi connectivity index (χ4n) is 3.21. The van der Waals surface area contributed by atoms with Crippen LogP contribution in [0.5, 0.6) is 0 Å². The molecule has 0 fully saturated rings. The first-order valence-corrected chi connectivity index (χ1v) is 8.85. The zero-order chi connectivity index (χ0) is 18.5. The van der Waals surface area contributed by atoms with E-state index in [9.17, 15) is 9.59 Å². The third-order valence-electron chi connectivity index (χ3n) is 4.54. The predicted octanol–water partition coefficient (Wildman–Crippen LogP) is 4.98. The van der Waals surface area contributed by atoms with Crippen LogP contribution in [0.4, 0.5) is 4.79 Å². The molecule has 1 heterocycles. The molecular formula is C22H23NO3. The summed E-state index contributed by atoms with van der Waals surface area (Å²) < 4.78 is 5.48. The van der Waals surface area contributed by atoms with Crippen molar-refractivity contribution >= 4 is 11.9 Å². The molecule has 134 valence electrons. The first-order valence-electron chi connectivity index (χ1n) is 8.85. The van der Waals surface area contributed by atoms with E-state index in [0.29, 0.717) is 5.92 Å². The summed E-state index contributed by atoms with van der Waals surface area (Å²) in [4.78, 5) is 26.2. The second-order valence-corrected chi connectivity index (χ2v) is 6.73. The molecule has 2 aromatic rings. The minimum absolute atomic E-state index is 0.0145. The van der Waals surface area contributed by atoms with E-state index in [0.717, 1.165) is 16.7 Å². The number of allylic oxidation sites excluding steroid dienone is 1. The molecule has 1 aliphatic heterocycles. The Morgan fingerprint density at radius 3 is 2.54 bits per heavy atom. The van der Waals surface area contributed by atoms with Crippen molar-refractivity contribution in [3.05, 3.63) is 83.6 Å². The molecule has 0 aromatic heterocycles. The molecule has 26 heavy (non-hydrogen) atoms. The Bertz CT molecular complexity index is 811. The van der Waals surface area contributed by atoms with Gasteiger partial charge in [-0.1, -0.05) is 68.4 Å². The normalized spacial score (nSPS) is 16.8. The third-order valence-corrected chi connectivity index (χ3v) is 4.54. The number of carbonyl (C=O) groups excluding carboxylic acids is 2. The molecule has 1 aliphatic rings. The van der Waals surface area contributed by atoms with Crippen LogP contribution in [0, 0.1) is 0 Å². The Morgan fingerprint density at radius 2 is 1.81 bits per heavy atom. The lowest BCUT2D eigenvalue weighted by Gasteiger charge is -2.32. The molecule has 1 atom stereocenters. The molecular weight excluding hydrogens is 326 g/mol. The number of hydrogen-bond acceptors (Lipinski definition) is 3. The lowest BCUT2D eigenvalue weighted by Crippen LogP contribution is -2.35. The zero-order valence-electron chi connectivity index (χ0n) is 15.1. The van der Waals surface area contributed by atoms with E-state index < -0.39 is 6.09 Å². The average Bonchev–Trinajstić information content (AvgIpc) is 2.67. The number of carbonyl (C=O) groups is 2. The molecule has 4 nitrogen and oxygen atoms in total. The van der Waals surface area contributed by atoms with Crippen LogP contribution in [-0.2, 0) is 16.1 Å². The fraction of sp³-hybridized carbons (Fsp3) is 0.273. The molecule has 0 saturated heterocycles. The molecule has 0 aliphatic carbocycles. The van der Waals surface area contributed by atoms with E-state index in [2.05, 4.69) is 19.9 Å². The third kappa shape index (κ3) is 4.02. The first-order chi connectivity index (χ1) is 12.6. The molecule has 4 heteroatoms. The summed E-state index contributed by atoms with van der Waals surface area (Å²) in [7, 11) is 0. The SMILES string of the molecule is CC(C)c1ccccc1C1CC(=O)C=CN1C(=O)OCc1ccccc1. The van der Waals surface area contributed by atoms with E-state index in [4.69, 9.17) is 4.74 Å². The molecule has 0 N–H and O–H groups in total. The Hall–Kier alpha value is -2.88. The van der Waals surface area contributed by atoms with E-state index in [1.54, 1.807) is 6.20 Å². The maximum absolute atomic E-state index is 12.7. The molecule has 3 rings (SSSR count). The van der Waals surface area contributed by atoms with Crippen molar-refractivity contribution < 1.29 is 14.3 Å². The summed E-state index contributed by atoms with van der Waals surface area (Å²) in [5.74, 6) is 0.315. The maximum Gasteiger partial charge on any atom is 0.414 e. The van der Waals surface area contributed by atoms with E-state index in [1.807, 2.05) is 48.5 Å². The van der Waals surface area contributed by atoms with E-state index >= 15 is 0 Å². The predicted molar refractivity (Wildman–Crippen MR) is 101 cm³/mol. The molecule has 0 spiro atoms. The number of benzene rings is 2. The van der Waals surface area contributed by atoms with Crippen molar-refractivity contribution in [3.8, 4) is 0 Å². The van der Waals surface area contributed by atoms with Crippen LogP contribution >= 0.6 is 0 Å². The van der Waals surface area contributed by atoms with Gasteiger partial charge in [-0.3, -0.25) is 9.69 Å². The van der Waals surface area contributed by atoms with Crippen molar-refractivity contribution in [2.75, 3.05) is 0 Å². The van der Waals surface area contributed by atoms with Gasteiger partial charge in [0, 0.05) is 12.6 Å². The number of ether oxygens (including phenoxy) is 1. The Kier molecular flexibility index (Phi) is 5.52. The van der Waals surface area contributed by atoms with Crippen LogP contribution in [0.3, 0.4) is 0 Å². The number of amides is 1. The first kappa shape index (κ1) is 17.9. The van der Waals surface area contributed by atoms with Gasteiger partial charge in [0.25, 0.3) is 0 Å². The van der Waals surface area contributed by atoms with Crippen LogP contribution in [0.25, 0.3) is 0 Å². The van der Waals surface area contributed by atoms with Gasteiger partial charge in [0.2, 0.25) is 0 Å². The summed E-state index contributed by atoms with van der Waals surface area (Å²) in [5.41, 5.74) is 3.07. The average molecular weight is 349 g/mol. The fourth-order valence-corrected chi connectivity index (χ4v) is 3.21. The highest BCUT2D eigenvalue weighted by Gasteiger charge is 2.31. The van der Waals surface area contributed by atoms with Crippen LogP contribution in [-0.4, -0.2) is 16.8 Å². The van der Waals surface area contributed by atoms with Crippen molar-refractivity contribution in [3.63, 3.8) is 0 Å². The Morgan fingerprint density at radius 1 is 1.12 bits per heavy atom. The summed E-state index contributed by atoms with van der Waals surface area (Å²) in [6.45, 7) is 4.42. The number of nitrogens with zero attached hydrogens (tertiary/aromatic N) is 1. The summed E-state index contributed by atoms with van der Waals surface area (Å²) in [6, 6.07) is 17.2. The molecule has 0 radical (unpaired) electrons. The second-order valence-electron chi connectivity index (χ2n) is 6.73. The highest BCUT2D eigenvalue weighted by Crippen LogP contribution is 2.34. The summed E-state index contributed by atoms with van der Waals surface area (Å²) in [6.07, 6.45) is 2.81. The lowest BCUT2D eigenvalue weighted by molar-refractivity contribution is -0.116. The van der Waals surface area contributed by atoms with Crippen LogP contribution in [0.2, 0.25) is 0 Å². The Labute approximate surface area is 154 Å². The van der Waals surface area contributed by atoms with Gasteiger partial charge in [0.15, 0.2) is 5.78 Å². The largest absolute Gasteiger partial charge is 0.444 e. The quantitative estimate of drug-likeness (QED) is 0.782. The highest BCUT2D eigenvalue weighted by molar-refractivity contribution is 5.92. The van der Waals surface area contributed by atoms with Crippen LogP contribution in [0.1, 0.15) is 48.9 Å². The van der Waals surface area contributed by atoms with Crippen molar-refractivity contribution in [2.24, 2.45) is 0 Å². The van der Waals surface area contributed by atoms with Gasteiger partial charge in [0.1, 0.15) is 6.61 Å². The zero-order valence-corrected chi connectivity index (χ0v) is 15.1. The molecule has 2 aromatic carbocycles. The van der Waals surface area contributed by atoms with Crippen molar-refractivity contribution in [2.45, 2.75) is 38.8 Å². The van der Waals surface area contributed by atoms with Gasteiger partial charge in [-0.05, 0) is 28.7 Å². The highest BCUT2D eigenvalue weighted by atomic mass is 16.6. The minimum Gasteiger partial charge on any atom is -0.444 e. The van der Waals surface area contributed by atoms with Crippen molar-refractivity contribution in [1.82, 2.24) is 4.90 Å². The van der Waals surface area contributed by atoms with Gasteiger partial charge in [0.05, 0.1) is 6.04 Å². The standard InChI is InChI=1S/C22H23NO3/c1-16(2)19-10-6-7-11-20(19)21-14-18(24)12-13-23(21)22(25)26-15-17-8-4-3-5-9-17/h3-13,16,21H,14-15H2,1-2H3. The molecule has 0 saturated carbocycles. The summed E-state index contributed by atoms with van der Waals surface area (Å²) in [5, 5.41) is 0. The smallest absolute Gasteiger partial charge is 0.414 e. The monoisotopic (exact) mass is 349 g/mol. The van der Waals surface area contributed by atoms with Gasteiger partial charge in [-0.15, -0.1) is 0 Å². The van der Waals surface area contributed by atoms with Gasteiger partial charge < -0.3 is 4.74 Å². The van der Waals surface area contributed by atoms with Gasteiger partial charge >= 0.3 is 6.09 Å². The van der Waals surface area contributed by atoms with E-state index in [-0.39, 0.29) is 24.9 Å². The van der Waals surface area contributed by atoms with E-state index in [1.165, 1.54) is 11.0 Å². The van der Waals surface area contributed by atoms with Crippen molar-refractivity contribution in [1.29, 1.82) is 0 Å². The van der Waals surface area contributed by atoms with Crippen LogP contribution in [0.15, 0.2) is 66.9 Å². The number of ketones is 1. The van der Waals surface area contributed by atoms with Gasteiger partial charge in [-0.25, -0.2) is 4.79 Å². The molecule has 0 bridgehead atoms. The summed E-state index contributed by atoms with van der Waals surface area (Å²) >= 11 is 0. The van der Waals surface area contributed by atoms with Gasteiger partial charge in [-0.2, -0.15) is 0 Å². The van der Waals surface area contributed by atoms with Crippen LogP contribution < -0.4 is 0 Å². The maximum atomic E-state index is 12.7. The lowest BCUT2D eigenvalue weighted by atomic mass is 9.89. The Balaban J connectivity index is 1.83. The topological polar surface area (TPSA) is 46.6 Å². The molecule has 1 unspecified atom stereocenters. The second kappa shape index (κ2) is 8.00. The number of rotatable bonds is 4. The number of hydrogen-bond donors (Lipinski definition) is 0. The minimum atomic E-state index is -0.443.